The summed E-state index contributed by atoms with van der Waals surface area (Å²) >= 11 is 0. The Morgan fingerprint density at radius 1 is 0.919 bits per heavy atom. The van der Waals surface area contributed by atoms with Crippen molar-refractivity contribution in [3.63, 3.8) is 0 Å². The fourth-order valence-electron chi connectivity index (χ4n) is 4.19. The molecule has 4 rings (SSSR count). The zero-order chi connectivity index (χ0) is 26.6. The number of nitrogens with one attached hydrogen (secondary N) is 3. The van der Waals surface area contributed by atoms with Gasteiger partial charge in [-0.1, -0.05) is 56.3 Å². The van der Waals surface area contributed by atoms with Crippen molar-refractivity contribution < 1.29 is 13.2 Å². The maximum Gasteiger partial charge on any atom is 0.258 e. The van der Waals surface area contributed by atoms with Gasteiger partial charge in [0.1, 0.15) is 0 Å². The van der Waals surface area contributed by atoms with Crippen molar-refractivity contribution in [2.24, 2.45) is 0 Å². The molecule has 37 heavy (non-hydrogen) atoms. The van der Waals surface area contributed by atoms with Crippen molar-refractivity contribution in [2.75, 3.05) is 28.4 Å². The molecule has 3 aromatic carbocycles. The molecule has 3 aromatic rings. The zero-order valence-electron chi connectivity index (χ0n) is 21.7. The molecular weight excluding hydrogens is 484 g/mol. The maximum absolute atomic E-state index is 13.2. The molecule has 194 valence electrons. The Bertz CT molecular complexity index is 1390. The number of fused-ring (bicyclic) bond motifs is 1. The Morgan fingerprint density at radius 3 is 2.19 bits per heavy atom. The van der Waals surface area contributed by atoms with Gasteiger partial charge >= 0.3 is 0 Å². The first-order chi connectivity index (χ1) is 17.7. The molecule has 8 heteroatoms. The minimum atomic E-state index is -3.53. The van der Waals surface area contributed by atoms with Gasteiger partial charge in [0.05, 0.1) is 16.5 Å². The van der Waals surface area contributed by atoms with Gasteiger partial charge in [-0.2, -0.15) is 0 Å². The van der Waals surface area contributed by atoms with Gasteiger partial charge in [-0.15, -0.1) is 0 Å². The second-order valence-corrected chi connectivity index (χ2v) is 11.5. The number of hydrogen-bond acceptors (Lipinski definition) is 5. The van der Waals surface area contributed by atoms with Gasteiger partial charge in [0.2, 0.25) is 10.0 Å². The lowest BCUT2D eigenvalue weighted by atomic mass is 9.99. The van der Waals surface area contributed by atoms with E-state index < -0.39 is 15.3 Å². The molecule has 1 heterocycles. The molecule has 0 atom stereocenters. The predicted molar refractivity (Wildman–Crippen MR) is 153 cm³/mol. The fraction of sp³-hybridized carbons (Fsp3) is 0.276. The van der Waals surface area contributed by atoms with Crippen molar-refractivity contribution >= 4 is 44.3 Å². The average Bonchev–Trinajstić information content (AvgIpc) is 3.21. The van der Waals surface area contributed by atoms with Crippen LogP contribution in [0.4, 0.5) is 17.1 Å². The Labute approximate surface area is 219 Å². The summed E-state index contributed by atoms with van der Waals surface area (Å²) in [6.45, 7) is 10.4. The number of carbonyl (C=O) groups excluding carboxylic acids is 1. The number of hydrogen-bond donors (Lipinski definition) is 3. The third-order valence-corrected chi connectivity index (χ3v) is 8.24. The molecule has 0 aliphatic carbocycles. The Morgan fingerprint density at radius 2 is 1.57 bits per heavy atom. The number of nitrogens with zero attached hydrogens (tertiary/aromatic N) is 1. The molecule has 1 amide bonds. The molecule has 7 nitrogen and oxygen atoms in total. The number of rotatable bonds is 10. The third-order valence-electron chi connectivity index (χ3n) is 6.48. The van der Waals surface area contributed by atoms with Gasteiger partial charge in [-0.25, -0.2) is 8.42 Å². The van der Waals surface area contributed by atoms with Crippen LogP contribution in [0.3, 0.4) is 0 Å². The molecule has 0 aromatic heterocycles. The Kier molecular flexibility index (Phi) is 8.00. The van der Waals surface area contributed by atoms with Crippen LogP contribution in [-0.2, 0) is 21.4 Å². The lowest BCUT2D eigenvalue weighted by Crippen LogP contribution is -2.22. The fourth-order valence-corrected chi connectivity index (χ4v) is 4.88. The highest BCUT2D eigenvalue weighted by Gasteiger charge is 2.29. The van der Waals surface area contributed by atoms with Crippen LogP contribution in [0.1, 0.15) is 44.4 Å². The summed E-state index contributed by atoms with van der Waals surface area (Å²) in [4.78, 5) is 15.6. The van der Waals surface area contributed by atoms with E-state index in [0.29, 0.717) is 28.2 Å². The molecule has 0 unspecified atom stereocenters. The number of sulfonamides is 1. The first kappa shape index (κ1) is 26.4. The topological polar surface area (TPSA) is 90.5 Å². The summed E-state index contributed by atoms with van der Waals surface area (Å²) in [5.41, 5.74) is 5.71. The van der Waals surface area contributed by atoms with Gasteiger partial charge in [0.25, 0.3) is 5.91 Å². The van der Waals surface area contributed by atoms with Crippen LogP contribution in [0.25, 0.3) is 11.3 Å². The first-order valence-corrected chi connectivity index (χ1v) is 14.1. The van der Waals surface area contributed by atoms with E-state index in [0.717, 1.165) is 30.9 Å². The van der Waals surface area contributed by atoms with Crippen LogP contribution in [0, 0.1) is 0 Å². The highest BCUT2D eigenvalue weighted by molar-refractivity contribution is 7.93. The van der Waals surface area contributed by atoms with Crippen molar-refractivity contribution in [3.05, 3.63) is 89.5 Å². The lowest BCUT2D eigenvalue weighted by molar-refractivity contribution is -0.110. The van der Waals surface area contributed by atoms with E-state index in [1.165, 1.54) is 5.56 Å². The monoisotopic (exact) mass is 518 g/mol. The van der Waals surface area contributed by atoms with E-state index >= 15 is 0 Å². The van der Waals surface area contributed by atoms with Gasteiger partial charge < -0.3 is 10.6 Å². The van der Waals surface area contributed by atoms with E-state index in [1.54, 1.807) is 32.0 Å². The SMILES string of the molecule is CCN(CC)Cc1ccc(NC(=C2C(=O)Nc3ccc(NS(=O)(=O)C(C)C)cc32)c2ccccc2)cc1. The Hall–Kier alpha value is -3.62. The molecule has 0 spiro atoms. The minimum Gasteiger partial charge on any atom is -0.354 e. The van der Waals surface area contributed by atoms with Crippen LogP contribution in [0.5, 0.6) is 0 Å². The van der Waals surface area contributed by atoms with E-state index in [4.69, 9.17) is 0 Å². The van der Waals surface area contributed by atoms with Crippen LogP contribution in [-0.4, -0.2) is 37.6 Å². The standard InChI is InChI=1S/C29H34N4O3S/c1-5-33(6-2)19-21-12-14-23(15-13-21)30-28(22-10-8-7-9-11-22)27-25-18-24(32-37(35,36)20(3)4)16-17-26(25)31-29(27)34/h7-18,20,30,32H,5-6,19H2,1-4H3,(H,31,34). The summed E-state index contributed by atoms with van der Waals surface area (Å²) in [6, 6.07) is 23.0. The molecule has 0 saturated carbocycles. The zero-order valence-corrected chi connectivity index (χ0v) is 22.5. The molecule has 1 aliphatic rings. The molecular formula is C29H34N4O3S. The van der Waals surface area contributed by atoms with Crippen molar-refractivity contribution in [3.8, 4) is 0 Å². The summed E-state index contributed by atoms with van der Waals surface area (Å²) in [6.07, 6.45) is 0. The Balaban J connectivity index is 1.75. The maximum atomic E-state index is 13.2. The van der Waals surface area contributed by atoms with Crippen molar-refractivity contribution in [1.29, 1.82) is 0 Å². The van der Waals surface area contributed by atoms with Gasteiger partial charge in [0, 0.05) is 29.2 Å². The number of carbonyl (C=O) groups is 1. The van der Waals surface area contributed by atoms with E-state index in [2.05, 4.69) is 46.2 Å². The van der Waals surface area contributed by atoms with Gasteiger partial charge in [-0.05, 0) is 68.4 Å². The van der Waals surface area contributed by atoms with Gasteiger partial charge in [0.15, 0.2) is 0 Å². The smallest absolute Gasteiger partial charge is 0.258 e. The highest BCUT2D eigenvalue weighted by Crippen LogP contribution is 2.39. The van der Waals surface area contributed by atoms with E-state index in [1.807, 2.05) is 42.5 Å². The summed E-state index contributed by atoms with van der Waals surface area (Å²) < 4.78 is 27.5. The number of benzene rings is 3. The average molecular weight is 519 g/mol. The van der Waals surface area contributed by atoms with E-state index in [-0.39, 0.29) is 5.91 Å². The quantitative estimate of drug-likeness (QED) is 0.304. The summed E-state index contributed by atoms with van der Waals surface area (Å²) in [5.74, 6) is -0.247. The van der Waals surface area contributed by atoms with Crippen LogP contribution < -0.4 is 15.4 Å². The molecule has 0 fully saturated rings. The molecule has 1 aliphatic heterocycles. The normalized spacial score (nSPS) is 14.5. The third kappa shape index (κ3) is 6.03. The van der Waals surface area contributed by atoms with Gasteiger partial charge in [-0.3, -0.25) is 14.4 Å². The van der Waals surface area contributed by atoms with Crippen LogP contribution in [0.2, 0.25) is 0 Å². The molecule has 3 N–H and O–H groups in total. The second-order valence-electron chi connectivity index (χ2n) is 9.31. The molecule has 0 bridgehead atoms. The summed E-state index contributed by atoms with van der Waals surface area (Å²) in [7, 11) is -3.53. The van der Waals surface area contributed by atoms with Crippen molar-refractivity contribution in [1.82, 2.24) is 4.90 Å². The largest absolute Gasteiger partial charge is 0.354 e. The predicted octanol–water partition coefficient (Wildman–Crippen LogP) is 5.61. The van der Waals surface area contributed by atoms with Crippen molar-refractivity contribution in [2.45, 2.75) is 39.5 Å². The minimum absolute atomic E-state index is 0.247. The summed E-state index contributed by atoms with van der Waals surface area (Å²) in [5, 5.41) is 5.81. The first-order valence-electron chi connectivity index (χ1n) is 12.6. The van der Waals surface area contributed by atoms with Crippen LogP contribution in [0.15, 0.2) is 72.8 Å². The second kappa shape index (κ2) is 11.2. The lowest BCUT2D eigenvalue weighted by Gasteiger charge is -2.19. The van der Waals surface area contributed by atoms with E-state index in [9.17, 15) is 13.2 Å². The van der Waals surface area contributed by atoms with Crippen LogP contribution >= 0.6 is 0 Å². The molecule has 0 saturated heterocycles. The highest BCUT2D eigenvalue weighted by atomic mass is 32.2. The number of amides is 1. The molecule has 0 radical (unpaired) electrons. The number of anilines is 3.